The summed E-state index contributed by atoms with van der Waals surface area (Å²) in [5.74, 6) is -0.0340. The van der Waals surface area contributed by atoms with Gasteiger partial charge in [-0.2, -0.15) is 0 Å². The molecule has 1 aliphatic heterocycles. The summed E-state index contributed by atoms with van der Waals surface area (Å²) in [6, 6.07) is 0.283. The van der Waals surface area contributed by atoms with Crippen LogP contribution in [-0.2, 0) is 4.79 Å². The van der Waals surface area contributed by atoms with Crippen molar-refractivity contribution in [3.63, 3.8) is 0 Å². The van der Waals surface area contributed by atoms with Crippen molar-refractivity contribution in [1.29, 1.82) is 0 Å². The van der Waals surface area contributed by atoms with E-state index in [0.29, 0.717) is 13.0 Å². The Morgan fingerprint density at radius 1 is 1.54 bits per heavy atom. The molecule has 2 N–H and O–H groups in total. The lowest BCUT2D eigenvalue weighted by Gasteiger charge is -2.25. The van der Waals surface area contributed by atoms with E-state index < -0.39 is 5.97 Å². The highest BCUT2D eigenvalue weighted by Crippen LogP contribution is 2.24. The van der Waals surface area contributed by atoms with Crippen molar-refractivity contribution in [2.24, 2.45) is 0 Å². The Morgan fingerprint density at radius 3 is 3.08 bits per heavy atom. The third kappa shape index (κ3) is 5.75. The number of likely N-dealkylation sites (tertiary alicyclic amines) is 1. The number of aromatic carboxylic acids is 1. The van der Waals surface area contributed by atoms with Crippen LogP contribution in [0.3, 0.4) is 0 Å². The maximum absolute atomic E-state index is 12.1. The van der Waals surface area contributed by atoms with Crippen molar-refractivity contribution < 1.29 is 14.7 Å². The van der Waals surface area contributed by atoms with E-state index in [9.17, 15) is 9.59 Å². The molecule has 1 fully saturated rings. The molecule has 1 amide bonds. The number of thiazole rings is 1. The predicted molar refractivity (Wildman–Crippen MR) is 96.9 cm³/mol. The molecule has 24 heavy (non-hydrogen) atoms. The first-order chi connectivity index (χ1) is 11.6. The third-order valence-corrected chi connectivity index (χ3v) is 6.05. The van der Waals surface area contributed by atoms with Gasteiger partial charge < -0.3 is 15.3 Å². The molecule has 0 spiro atoms. The lowest BCUT2D eigenvalue weighted by atomic mass is 10.2. The second kappa shape index (κ2) is 10.0. The Hall–Kier alpha value is -1.12. The van der Waals surface area contributed by atoms with Gasteiger partial charge in [0.15, 0.2) is 10.0 Å². The fourth-order valence-electron chi connectivity index (χ4n) is 2.73. The fraction of sp³-hybridized carbons (Fsp3) is 0.688. The van der Waals surface area contributed by atoms with E-state index in [0.717, 1.165) is 29.6 Å². The molecule has 2 rings (SSSR count). The number of unbranched alkanes of at least 4 members (excludes halogenated alkanes) is 2. The second-order valence-electron chi connectivity index (χ2n) is 5.84. The third-order valence-electron chi connectivity index (χ3n) is 4.05. The monoisotopic (exact) mass is 371 g/mol. The van der Waals surface area contributed by atoms with E-state index in [1.807, 2.05) is 4.90 Å². The SMILES string of the molecule is CCCCCNCC1CCC(=O)N1CCSc1nc(C(=O)O)cs1. The van der Waals surface area contributed by atoms with Crippen LogP contribution in [0.1, 0.15) is 49.5 Å². The number of carboxylic acid groups (broad SMARTS) is 1. The van der Waals surface area contributed by atoms with Gasteiger partial charge in [-0.1, -0.05) is 31.5 Å². The van der Waals surface area contributed by atoms with E-state index >= 15 is 0 Å². The molecule has 0 aliphatic carbocycles. The number of carbonyl (C=O) groups excluding carboxylic acids is 1. The Labute approximate surface area is 151 Å². The van der Waals surface area contributed by atoms with Gasteiger partial charge in [0.2, 0.25) is 5.91 Å². The van der Waals surface area contributed by atoms with Crippen LogP contribution in [0.2, 0.25) is 0 Å². The number of aromatic nitrogens is 1. The Morgan fingerprint density at radius 2 is 2.38 bits per heavy atom. The molecule has 1 aromatic heterocycles. The van der Waals surface area contributed by atoms with Gasteiger partial charge in [-0.05, 0) is 19.4 Å². The smallest absolute Gasteiger partial charge is 0.355 e. The van der Waals surface area contributed by atoms with Crippen molar-refractivity contribution in [2.75, 3.05) is 25.4 Å². The fourth-order valence-corrected chi connectivity index (χ4v) is 4.54. The molecule has 0 saturated carbocycles. The first-order valence-electron chi connectivity index (χ1n) is 8.43. The molecule has 6 nitrogen and oxygen atoms in total. The zero-order chi connectivity index (χ0) is 17.4. The molecule has 1 aliphatic rings. The number of thioether (sulfide) groups is 1. The standard InChI is InChI=1S/C16H25N3O3S2/c1-2-3-4-7-17-10-12-5-6-14(20)19(12)8-9-23-16-18-13(11-24-16)15(21)22/h11-12,17H,2-10H2,1H3,(H,21,22). The number of hydrogen-bond donors (Lipinski definition) is 2. The van der Waals surface area contributed by atoms with E-state index in [2.05, 4.69) is 17.2 Å². The quantitative estimate of drug-likeness (QED) is 0.460. The maximum Gasteiger partial charge on any atom is 0.355 e. The molecule has 0 bridgehead atoms. The molecule has 8 heteroatoms. The van der Waals surface area contributed by atoms with Crippen LogP contribution in [0.15, 0.2) is 9.72 Å². The van der Waals surface area contributed by atoms with Crippen molar-refractivity contribution in [3.8, 4) is 0 Å². The number of carbonyl (C=O) groups is 2. The van der Waals surface area contributed by atoms with Gasteiger partial charge in [-0.15, -0.1) is 11.3 Å². The van der Waals surface area contributed by atoms with Crippen molar-refractivity contribution in [2.45, 2.75) is 49.4 Å². The molecule has 2 heterocycles. The summed E-state index contributed by atoms with van der Waals surface area (Å²) < 4.78 is 0.744. The highest BCUT2D eigenvalue weighted by atomic mass is 32.2. The molecule has 134 valence electrons. The topological polar surface area (TPSA) is 82.5 Å². The summed E-state index contributed by atoms with van der Waals surface area (Å²) in [6.07, 6.45) is 5.19. The van der Waals surface area contributed by atoms with Crippen LogP contribution in [0.4, 0.5) is 0 Å². The van der Waals surface area contributed by atoms with E-state index in [1.54, 1.807) is 5.38 Å². The van der Waals surface area contributed by atoms with Crippen LogP contribution >= 0.6 is 23.1 Å². The molecular formula is C16H25N3O3S2. The second-order valence-corrected chi connectivity index (χ2v) is 8.04. The minimum absolute atomic E-state index is 0.0916. The summed E-state index contributed by atoms with van der Waals surface area (Å²) in [4.78, 5) is 28.9. The lowest BCUT2D eigenvalue weighted by Crippen LogP contribution is -2.41. The van der Waals surface area contributed by atoms with Crippen molar-refractivity contribution >= 4 is 35.0 Å². The molecule has 1 saturated heterocycles. The molecule has 0 aromatic carbocycles. The van der Waals surface area contributed by atoms with Crippen LogP contribution in [0.5, 0.6) is 0 Å². The summed E-state index contributed by atoms with van der Waals surface area (Å²) in [5, 5.41) is 13.9. The average Bonchev–Trinajstić information content (AvgIpc) is 3.16. The van der Waals surface area contributed by atoms with E-state index in [1.165, 1.54) is 42.4 Å². The van der Waals surface area contributed by atoms with Crippen LogP contribution in [-0.4, -0.2) is 58.3 Å². The highest BCUT2D eigenvalue weighted by Gasteiger charge is 2.30. The Bertz CT molecular complexity index is 550. The normalized spacial score (nSPS) is 17.6. The van der Waals surface area contributed by atoms with Gasteiger partial charge in [0, 0.05) is 36.7 Å². The summed E-state index contributed by atoms with van der Waals surface area (Å²) in [5.41, 5.74) is 0.0916. The minimum Gasteiger partial charge on any atom is -0.476 e. The van der Waals surface area contributed by atoms with Crippen molar-refractivity contribution in [1.82, 2.24) is 15.2 Å². The molecule has 0 radical (unpaired) electrons. The number of nitrogens with one attached hydrogen (secondary N) is 1. The largest absolute Gasteiger partial charge is 0.476 e. The van der Waals surface area contributed by atoms with Gasteiger partial charge in [0.1, 0.15) is 0 Å². The van der Waals surface area contributed by atoms with Gasteiger partial charge in [-0.25, -0.2) is 9.78 Å². The maximum atomic E-state index is 12.1. The summed E-state index contributed by atoms with van der Waals surface area (Å²) in [7, 11) is 0. The summed E-state index contributed by atoms with van der Waals surface area (Å²) in [6.45, 7) is 4.75. The van der Waals surface area contributed by atoms with Crippen LogP contribution in [0.25, 0.3) is 0 Å². The Balaban J connectivity index is 1.72. The molecular weight excluding hydrogens is 346 g/mol. The number of carboxylic acids is 1. The van der Waals surface area contributed by atoms with Crippen LogP contribution < -0.4 is 5.32 Å². The zero-order valence-electron chi connectivity index (χ0n) is 14.0. The number of amides is 1. The first-order valence-corrected chi connectivity index (χ1v) is 10.3. The van der Waals surface area contributed by atoms with Crippen LogP contribution in [0, 0.1) is 0 Å². The lowest BCUT2D eigenvalue weighted by molar-refractivity contribution is -0.128. The zero-order valence-corrected chi connectivity index (χ0v) is 15.6. The van der Waals surface area contributed by atoms with E-state index in [-0.39, 0.29) is 17.6 Å². The number of hydrogen-bond acceptors (Lipinski definition) is 6. The highest BCUT2D eigenvalue weighted by molar-refractivity contribution is 8.01. The predicted octanol–water partition coefficient (Wildman–Crippen LogP) is 2.70. The number of nitrogens with zero attached hydrogens (tertiary/aromatic N) is 2. The minimum atomic E-state index is -0.998. The van der Waals surface area contributed by atoms with Gasteiger partial charge in [0.25, 0.3) is 0 Å². The average molecular weight is 372 g/mol. The summed E-state index contributed by atoms with van der Waals surface area (Å²) >= 11 is 2.85. The van der Waals surface area contributed by atoms with Crippen molar-refractivity contribution in [3.05, 3.63) is 11.1 Å². The van der Waals surface area contributed by atoms with E-state index in [4.69, 9.17) is 5.11 Å². The van der Waals surface area contributed by atoms with Gasteiger partial charge in [0.05, 0.1) is 0 Å². The molecule has 1 atom stereocenters. The van der Waals surface area contributed by atoms with Gasteiger partial charge >= 0.3 is 5.97 Å². The molecule has 1 aromatic rings. The molecule has 1 unspecified atom stereocenters. The van der Waals surface area contributed by atoms with Gasteiger partial charge in [-0.3, -0.25) is 4.79 Å². The Kier molecular flexibility index (Phi) is 8.01. The number of rotatable bonds is 11. The first kappa shape index (κ1) is 19.2.